The van der Waals surface area contributed by atoms with Crippen molar-refractivity contribution in [3.05, 3.63) is 59.7 Å². The van der Waals surface area contributed by atoms with E-state index in [2.05, 4.69) is 4.72 Å². The lowest BCUT2D eigenvalue weighted by molar-refractivity contribution is 0.101. The molecule has 2 aromatic rings. The number of aldehydes is 1. The minimum absolute atomic E-state index is 0.00895. The normalized spacial score (nSPS) is 10.9. The summed E-state index contributed by atoms with van der Waals surface area (Å²) < 4.78 is 26.9. The van der Waals surface area contributed by atoms with Gasteiger partial charge < -0.3 is 0 Å². The predicted molar refractivity (Wildman–Crippen MR) is 79.1 cm³/mol. The summed E-state index contributed by atoms with van der Waals surface area (Å²) in [4.78, 5) is 21.9. The van der Waals surface area contributed by atoms with E-state index in [1.165, 1.54) is 49.4 Å². The maximum Gasteiger partial charge on any atom is 0.261 e. The fraction of sp³-hybridized carbons (Fsp3) is 0.0667. The zero-order chi connectivity index (χ0) is 15.5. The number of carbonyl (C=O) groups excluding carboxylic acids is 2. The van der Waals surface area contributed by atoms with Crippen molar-refractivity contribution in [2.75, 3.05) is 4.72 Å². The molecule has 0 aliphatic rings. The number of nitrogens with one attached hydrogen (secondary N) is 1. The van der Waals surface area contributed by atoms with Gasteiger partial charge in [-0.15, -0.1) is 0 Å². The molecule has 0 fully saturated rings. The number of hydrogen-bond donors (Lipinski definition) is 1. The van der Waals surface area contributed by atoms with Gasteiger partial charge in [-0.3, -0.25) is 14.3 Å². The molecule has 2 aromatic carbocycles. The van der Waals surface area contributed by atoms with E-state index in [1.807, 2.05) is 0 Å². The number of sulfonamides is 1. The van der Waals surface area contributed by atoms with E-state index in [0.29, 0.717) is 23.1 Å². The highest BCUT2D eigenvalue weighted by molar-refractivity contribution is 7.92. The molecule has 0 aliphatic carbocycles. The molecule has 2 rings (SSSR count). The van der Waals surface area contributed by atoms with Crippen molar-refractivity contribution in [3.63, 3.8) is 0 Å². The zero-order valence-electron chi connectivity index (χ0n) is 11.2. The molecule has 0 radical (unpaired) electrons. The van der Waals surface area contributed by atoms with Crippen molar-refractivity contribution in [1.82, 2.24) is 0 Å². The summed E-state index contributed by atoms with van der Waals surface area (Å²) in [5.74, 6) is -0.206. The van der Waals surface area contributed by atoms with E-state index in [9.17, 15) is 18.0 Å². The highest BCUT2D eigenvalue weighted by Gasteiger charge is 2.15. The lowest BCUT2D eigenvalue weighted by Crippen LogP contribution is -2.13. The van der Waals surface area contributed by atoms with Crippen LogP contribution in [0.2, 0.25) is 0 Å². The molecule has 0 aliphatic heterocycles. The monoisotopic (exact) mass is 303 g/mol. The van der Waals surface area contributed by atoms with Crippen LogP contribution in [0.1, 0.15) is 27.6 Å². The molecule has 0 bridgehead atoms. The van der Waals surface area contributed by atoms with Crippen molar-refractivity contribution in [2.24, 2.45) is 0 Å². The fourth-order valence-corrected chi connectivity index (χ4v) is 2.83. The number of rotatable bonds is 5. The van der Waals surface area contributed by atoms with Gasteiger partial charge in [0.1, 0.15) is 6.29 Å². The molecule has 0 heterocycles. The van der Waals surface area contributed by atoms with Crippen molar-refractivity contribution < 1.29 is 18.0 Å². The number of benzene rings is 2. The Morgan fingerprint density at radius 1 is 1.10 bits per heavy atom. The minimum atomic E-state index is -3.78. The first-order chi connectivity index (χ1) is 9.92. The summed E-state index contributed by atoms with van der Waals surface area (Å²) in [6.45, 7) is 1.37. The van der Waals surface area contributed by atoms with Gasteiger partial charge in [0.25, 0.3) is 10.0 Å². The van der Waals surface area contributed by atoms with Gasteiger partial charge in [-0.2, -0.15) is 0 Å². The Morgan fingerprint density at radius 2 is 1.76 bits per heavy atom. The van der Waals surface area contributed by atoms with Crippen LogP contribution < -0.4 is 4.72 Å². The van der Waals surface area contributed by atoms with E-state index in [1.54, 1.807) is 6.07 Å². The number of Topliss-reactive ketones (excluding diaryl/α,β-unsaturated/α-hetero) is 1. The van der Waals surface area contributed by atoms with Crippen LogP contribution in [0.15, 0.2) is 53.4 Å². The predicted octanol–water partition coefficient (Wildman–Crippen LogP) is 2.50. The van der Waals surface area contributed by atoms with Crippen LogP contribution in [0.3, 0.4) is 0 Å². The molecule has 21 heavy (non-hydrogen) atoms. The molecular weight excluding hydrogens is 290 g/mol. The van der Waals surface area contributed by atoms with Gasteiger partial charge in [0, 0.05) is 16.8 Å². The Labute approximate surface area is 122 Å². The SMILES string of the molecule is CC(=O)c1cccc(S(=O)(=O)Nc2ccc(C=O)cc2)c1. The Hall–Kier alpha value is -2.47. The molecule has 0 saturated heterocycles. The quantitative estimate of drug-likeness (QED) is 0.680. The Bertz CT molecular complexity index is 780. The van der Waals surface area contributed by atoms with E-state index < -0.39 is 10.0 Å². The van der Waals surface area contributed by atoms with Gasteiger partial charge in [-0.1, -0.05) is 12.1 Å². The molecule has 0 amide bonds. The molecule has 0 saturated carbocycles. The average molecular weight is 303 g/mol. The lowest BCUT2D eigenvalue weighted by Gasteiger charge is -2.09. The average Bonchev–Trinajstić information content (AvgIpc) is 2.48. The van der Waals surface area contributed by atoms with E-state index >= 15 is 0 Å². The smallest absolute Gasteiger partial charge is 0.261 e. The van der Waals surface area contributed by atoms with Gasteiger partial charge in [0.15, 0.2) is 5.78 Å². The third kappa shape index (κ3) is 3.55. The Kier molecular flexibility index (Phi) is 4.18. The van der Waals surface area contributed by atoms with Crippen molar-refractivity contribution in [2.45, 2.75) is 11.8 Å². The fourth-order valence-electron chi connectivity index (χ4n) is 1.73. The zero-order valence-corrected chi connectivity index (χ0v) is 12.1. The summed E-state index contributed by atoms with van der Waals surface area (Å²) >= 11 is 0. The molecule has 108 valence electrons. The van der Waals surface area contributed by atoms with Gasteiger partial charge in [-0.25, -0.2) is 8.42 Å². The molecule has 0 atom stereocenters. The van der Waals surface area contributed by atoms with E-state index in [4.69, 9.17) is 0 Å². The van der Waals surface area contributed by atoms with E-state index in [0.717, 1.165) is 0 Å². The van der Waals surface area contributed by atoms with E-state index in [-0.39, 0.29) is 10.7 Å². The molecule has 6 heteroatoms. The molecule has 1 N–H and O–H groups in total. The number of anilines is 1. The summed E-state index contributed by atoms with van der Waals surface area (Å²) in [6, 6.07) is 11.8. The van der Waals surface area contributed by atoms with Crippen molar-refractivity contribution in [3.8, 4) is 0 Å². The van der Waals surface area contributed by atoms with Gasteiger partial charge >= 0.3 is 0 Å². The van der Waals surface area contributed by atoms with Crippen LogP contribution in [0.5, 0.6) is 0 Å². The van der Waals surface area contributed by atoms with Crippen LogP contribution in [0.25, 0.3) is 0 Å². The highest BCUT2D eigenvalue weighted by Crippen LogP contribution is 2.17. The van der Waals surface area contributed by atoms with Crippen LogP contribution in [0.4, 0.5) is 5.69 Å². The first-order valence-electron chi connectivity index (χ1n) is 6.11. The van der Waals surface area contributed by atoms with Crippen LogP contribution in [-0.4, -0.2) is 20.5 Å². The maximum atomic E-state index is 12.2. The van der Waals surface area contributed by atoms with Crippen molar-refractivity contribution >= 4 is 27.8 Å². The first-order valence-corrected chi connectivity index (χ1v) is 7.60. The standard InChI is InChI=1S/C15H13NO4S/c1-11(18)13-3-2-4-15(9-13)21(19,20)16-14-7-5-12(10-17)6-8-14/h2-10,16H,1H3. The Balaban J connectivity index is 2.31. The van der Waals surface area contributed by atoms with Gasteiger partial charge in [0.05, 0.1) is 4.90 Å². The number of hydrogen-bond acceptors (Lipinski definition) is 4. The summed E-state index contributed by atoms with van der Waals surface area (Å²) in [5.41, 5.74) is 1.12. The molecular formula is C15H13NO4S. The first kappa shape index (κ1) is 14.9. The summed E-state index contributed by atoms with van der Waals surface area (Å²) in [6.07, 6.45) is 0.675. The van der Waals surface area contributed by atoms with Gasteiger partial charge in [0.2, 0.25) is 0 Å². The maximum absolute atomic E-state index is 12.2. The molecule has 0 spiro atoms. The number of ketones is 1. The highest BCUT2D eigenvalue weighted by atomic mass is 32.2. The molecule has 0 aromatic heterocycles. The minimum Gasteiger partial charge on any atom is -0.298 e. The largest absolute Gasteiger partial charge is 0.298 e. The lowest BCUT2D eigenvalue weighted by atomic mass is 10.2. The number of carbonyl (C=O) groups is 2. The molecule has 0 unspecified atom stereocenters. The van der Waals surface area contributed by atoms with Crippen LogP contribution in [-0.2, 0) is 10.0 Å². The third-order valence-electron chi connectivity index (χ3n) is 2.85. The molecule has 5 nitrogen and oxygen atoms in total. The van der Waals surface area contributed by atoms with Gasteiger partial charge in [-0.05, 0) is 43.3 Å². The topological polar surface area (TPSA) is 80.3 Å². The third-order valence-corrected chi connectivity index (χ3v) is 4.23. The van der Waals surface area contributed by atoms with Crippen molar-refractivity contribution in [1.29, 1.82) is 0 Å². The second-order valence-corrected chi connectivity index (χ2v) is 6.11. The van der Waals surface area contributed by atoms with Crippen LogP contribution in [0, 0.1) is 0 Å². The second-order valence-electron chi connectivity index (χ2n) is 4.43. The summed E-state index contributed by atoms with van der Waals surface area (Å²) in [7, 11) is -3.78. The summed E-state index contributed by atoms with van der Waals surface area (Å²) in [5, 5.41) is 0. The second kappa shape index (κ2) is 5.88. The van der Waals surface area contributed by atoms with Crippen LogP contribution >= 0.6 is 0 Å². The Morgan fingerprint density at radius 3 is 2.33 bits per heavy atom.